The molecule has 0 spiro atoms. The van der Waals surface area contributed by atoms with Crippen molar-refractivity contribution in [3.8, 4) is 0 Å². The number of rotatable bonds is 3. The van der Waals surface area contributed by atoms with E-state index < -0.39 is 0 Å². The Kier molecular flexibility index (Phi) is 3.16. The number of aromatic nitrogens is 1. The monoisotopic (exact) mass is 221 g/mol. The molecule has 1 fully saturated rings. The lowest BCUT2D eigenvalue weighted by molar-refractivity contribution is 0.754. The summed E-state index contributed by atoms with van der Waals surface area (Å²) in [4.78, 5) is 4.52. The number of pyridine rings is 1. The fraction of sp³-hybridized carbons (Fsp3) is 0.455. The first-order valence-electron chi connectivity index (χ1n) is 5.28. The van der Waals surface area contributed by atoms with Crippen LogP contribution in [0.15, 0.2) is 18.5 Å². The molecular weight excluding hydrogens is 206 g/mol. The van der Waals surface area contributed by atoms with Crippen molar-refractivity contribution in [1.82, 2.24) is 4.98 Å². The van der Waals surface area contributed by atoms with Crippen molar-refractivity contribution in [2.75, 3.05) is 5.32 Å². The lowest BCUT2D eigenvalue weighted by Gasteiger charge is -2.15. The molecule has 0 aromatic carbocycles. The SMILES string of the molecule is NC(=S)c1ccncc1NC1CCCC1. The van der Waals surface area contributed by atoms with Crippen molar-refractivity contribution in [1.29, 1.82) is 0 Å². The number of nitrogens with one attached hydrogen (secondary N) is 1. The molecule has 0 atom stereocenters. The third-order valence-electron chi connectivity index (χ3n) is 2.80. The van der Waals surface area contributed by atoms with E-state index >= 15 is 0 Å². The van der Waals surface area contributed by atoms with Gasteiger partial charge in [-0.05, 0) is 18.9 Å². The van der Waals surface area contributed by atoms with E-state index in [4.69, 9.17) is 18.0 Å². The number of hydrogen-bond acceptors (Lipinski definition) is 3. The highest BCUT2D eigenvalue weighted by Gasteiger charge is 2.16. The molecule has 0 saturated heterocycles. The second-order valence-corrected chi connectivity index (χ2v) is 4.35. The molecule has 0 radical (unpaired) electrons. The Morgan fingerprint density at radius 2 is 2.20 bits per heavy atom. The fourth-order valence-corrected chi connectivity index (χ4v) is 2.19. The molecule has 0 unspecified atom stereocenters. The number of thiocarbonyl (C=S) groups is 1. The summed E-state index contributed by atoms with van der Waals surface area (Å²) in [5, 5.41) is 3.46. The zero-order valence-corrected chi connectivity index (χ0v) is 9.39. The molecule has 1 aromatic heterocycles. The molecule has 0 bridgehead atoms. The van der Waals surface area contributed by atoms with Gasteiger partial charge in [0, 0.05) is 17.8 Å². The summed E-state index contributed by atoms with van der Waals surface area (Å²) in [7, 11) is 0. The van der Waals surface area contributed by atoms with Gasteiger partial charge < -0.3 is 11.1 Å². The maximum Gasteiger partial charge on any atom is 0.106 e. The molecule has 0 aliphatic heterocycles. The first-order chi connectivity index (χ1) is 7.27. The van der Waals surface area contributed by atoms with Gasteiger partial charge >= 0.3 is 0 Å². The molecule has 3 nitrogen and oxygen atoms in total. The number of nitrogens with two attached hydrogens (primary N) is 1. The summed E-state index contributed by atoms with van der Waals surface area (Å²) in [6.07, 6.45) is 8.58. The van der Waals surface area contributed by atoms with Crippen LogP contribution in [0.25, 0.3) is 0 Å². The Bertz CT molecular complexity index is 359. The fourth-order valence-electron chi connectivity index (χ4n) is 2.01. The molecule has 1 aliphatic carbocycles. The van der Waals surface area contributed by atoms with Crippen LogP contribution in [-0.2, 0) is 0 Å². The quantitative estimate of drug-likeness (QED) is 0.767. The Morgan fingerprint density at radius 1 is 1.47 bits per heavy atom. The molecule has 4 heteroatoms. The number of nitrogens with zero attached hydrogens (tertiary/aromatic N) is 1. The van der Waals surface area contributed by atoms with Crippen molar-refractivity contribution < 1.29 is 0 Å². The molecule has 80 valence electrons. The van der Waals surface area contributed by atoms with Crippen LogP contribution in [-0.4, -0.2) is 16.0 Å². The smallest absolute Gasteiger partial charge is 0.106 e. The van der Waals surface area contributed by atoms with Gasteiger partial charge in [0.05, 0.1) is 11.9 Å². The van der Waals surface area contributed by atoms with Crippen LogP contribution < -0.4 is 11.1 Å². The van der Waals surface area contributed by atoms with Crippen molar-refractivity contribution in [3.05, 3.63) is 24.0 Å². The van der Waals surface area contributed by atoms with E-state index in [1.165, 1.54) is 25.7 Å². The third kappa shape index (κ3) is 2.45. The second kappa shape index (κ2) is 4.57. The third-order valence-corrected chi connectivity index (χ3v) is 3.02. The van der Waals surface area contributed by atoms with Crippen molar-refractivity contribution in [2.45, 2.75) is 31.7 Å². The zero-order valence-electron chi connectivity index (χ0n) is 8.57. The average molecular weight is 221 g/mol. The largest absolute Gasteiger partial charge is 0.389 e. The standard InChI is InChI=1S/C11H15N3S/c12-11(15)9-5-6-13-7-10(9)14-8-3-1-2-4-8/h5-8,14H,1-4H2,(H2,12,15). The van der Waals surface area contributed by atoms with E-state index in [1.807, 2.05) is 6.07 Å². The summed E-state index contributed by atoms with van der Waals surface area (Å²) in [6, 6.07) is 2.42. The normalized spacial score (nSPS) is 16.5. The topological polar surface area (TPSA) is 50.9 Å². The predicted molar refractivity (Wildman–Crippen MR) is 66.0 cm³/mol. The highest BCUT2D eigenvalue weighted by molar-refractivity contribution is 7.80. The van der Waals surface area contributed by atoms with Crippen LogP contribution in [0, 0.1) is 0 Å². The van der Waals surface area contributed by atoms with Crippen LogP contribution in [0.3, 0.4) is 0 Å². The summed E-state index contributed by atoms with van der Waals surface area (Å²) in [5.41, 5.74) is 7.52. The Hall–Kier alpha value is -1.16. The molecule has 15 heavy (non-hydrogen) atoms. The van der Waals surface area contributed by atoms with E-state index in [0.717, 1.165) is 11.3 Å². The van der Waals surface area contributed by atoms with Crippen LogP contribution in [0.1, 0.15) is 31.2 Å². The van der Waals surface area contributed by atoms with Gasteiger partial charge in [-0.1, -0.05) is 25.1 Å². The lowest BCUT2D eigenvalue weighted by atomic mass is 10.2. The highest BCUT2D eigenvalue weighted by atomic mass is 32.1. The first-order valence-corrected chi connectivity index (χ1v) is 5.68. The highest BCUT2D eigenvalue weighted by Crippen LogP contribution is 2.23. The summed E-state index contributed by atoms with van der Waals surface area (Å²) < 4.78 is 0. The van der Waals surface area contributed by atoms with Crippen LogP contribution in [0.2, 0.25) is 0 Å². The summed E-state index contributed by atoms with van der Waals surface area (Å²) in [6.45, 7) is 0. The Labute approximate surface area is 95.1 Å². The molecule has 0 amide bonds. The van der Waals surface area contributed by atoms with E-state index in [-0.39, 0.29) is 0 Å². The number of hydrogen-bond donors (Lipinski definition) is 2. The minimum atomic E-state index is 0.429. The van der Waals surface area contributed by atoms with E-state index in [9.17, 15) is 0 Å². The van der Waals surface area contributed by atoms with Crippen molar-refractivity contribution >= 4 is 22.9 Å². The molecular formula is C11H15N3S. The van der Waals surface area contributed by atoms with Crippen molar-refractivity contribution in [3.63, 3.8) is 0 Å². The molecule has 3 N–H and O–H groups in total. The zero-order chi connectivity index (χ0) is 10.7. The lowest BCUT2D eigenvalue weighted by Crippen LogP contribution is -2.19. The molecule has 1 aliphatic rings. The molecule has 2 rings (SSSR count). The molecule has 1 aromatic rings. The van der Waals surface area contributed by atoms with Gasteiger partial charge in [-0.15, -0.1) is 0 Å². The van der Waals surface area contributed by atoms with Crippen LogP contribution in [0.5, 0.6) is 0 Å². The maximum atomic E-state index is 5.65. The van der Waals surface area contributed by atoms with E-state index in [1.54, 1.807) is 12.4 Å². The van der Waals surface area contributed by atoms with Gasteiger partial charge in [-0.25, -0.2) is 0 Å². The van der Waals surface area contributed by atoms with Crippen LogP contribution in [0.4, 0.5) is 5.69 Å². The maximum absolute atomic E-state index is 5.65. The predicted octanol–water partition coefficient (Wildman–Crippen LogP) is 2.07. The van der Waals surface area contributed by atoms with Gasteiger partial charge in [0.1, 0.15) is 4.99 Å². The Balaban J connectivity index is 2.15. The van der Waals surface area contributed by atoms with Gasteiger partial charge in [0.2, 0.25) is 0 Å². The van der Waals surface area contributed by atoms with E-state index in [2.05, 4.69) is 10.3 Å². The minimum Gasteiger partial charge on any atom is -0.389 e. The van der Waals surface area contributed by atoms with Gasteiger partial charge in [-0.3, -0.25) is 4.98 Å². The van der Waals surface area contributed by atoms with Gasteiger partial charge in [-0.2, -0.15) is 0 Å². The van der Waals surface area contributed by atoms with E-state index in [0.29, 0.717) is 11.0 Å². The summed E-state index contributed by atoms with van der Waals surface area (Å²) in [5.74, 6) is 0. The second-order valence-electron chi connectivity index (χ2n) is 3.91. The molecule has 1 saturated carbocycles. The minimum absolute atomic E-state index is 0.429. The van der Waals surface area contributed by atoms with Gasteiger partial charge in [0.25, 0.3) is 0 Å². The van der Waals surface area contributed by atoms with Gasteiger partial charge in [0.15, 0.2) is 0 Å². The Morgan fingerprint density at radius 3 is 2.87 bits per heavy atom. The van der Waals surface area contributed by atoms with Crippen molar-refractivity contribution in [2.24, 2.45) is 5.73 Å². The number of anilines is 1. The first kappa shape index (κ1) is 10.4. The molecule has 1 heterocycles. The average Bonchev–Trinajstić information content (AvgIpc) is 2.71. The van der Waals surface area contributed by atoms with Crippen LogP contribution >= 0.6 is 12.2 Å². The summed E-state index contributed by atoms with van der Waals surface area (Å²) >= 11 is 5.00.